The third-order valence-corrected chi connectivity index (χ3v) is 5.76. The molecule has 1 aromatic carbocycles. The zero-order valence-electron chi connectivity index (χ0n) is 15.5. The van der Waals surface area contributed by atoms with E-state index >= 15 is 0 Å². The van der Waals surface area contributed by atoms with Crippen LogP contribution in [-0.4, -0.2) is 35.4 Å². The molecule has 0 unspecified atom stereocenters. The zero-order chi connectivity index (χ0) is 17.9. The van der Waals surface area contributed by atoms with E-state index in [1.165, 1.54) is 11.1 Å². The molecule has 3 heterocycles. The normalized spacial score (nSPS) is 17.9. The van der Waals surface area contributed by atoms with Crippen LogP contribution in [0.1, 0.15) is 36.1 Å². The number of aryl methyl sites for hydroxylation is 1. The van der Waals surface area contributed by atoms with Crippen LogP contribution in [-0.2, 0) is 17.8 Å². The number of carbonyl (C=O) groups is 1. The van der Waals surface area contributed by atoms with E-state index in [0.717, 1.165) is 57.0 Å². The fourth-order valence-corrected chi connectivity index (χ4v) is 4.16. The molecule has 1 fully saturated rings. The van der Waals surface area contributed by atoms with Crippen LogP contribution in [0.15, 0.2) is 42.5 Å². The number of fused-ring (bicyclic) bond motifs is 1. The Morgan fingerprint density at radius 2 is 1.81 bits per heavy atom. The second-order valence-electron chi connectivity index (χ2n) is 7.61. The Kier molecular flexibility index (Phi) is 4.91. The predicted octanol–water partition coefficient (Wildman–Crippen LogP) is 3.58. The van der Waals surface area contributed by atoms with Gasteiger partial charge in [-0.25, -0.2) is 4.98 Å². The van der Waals surface area contributed by atoms with Crippen molar-refractivity contribution in [1.29, 1.82) is 0 Å². The lowest BCUT2D eigenvalue weighted by molar-refractivity contribution is -0.133. The maximum Gasteiger partial charge on any atom is 0.223 e. The first kappa shape index (κ1) is 17.1. The molecule has 136 valence electrons. The second-order valence-corrected chi connectivity index (χ2v) is 7.61. The van der Waals surface area contributed by atoms with E-state index in [-0.39, 0.29) is 0 Å². The average molecular weight is 349 g/mol. The summed E-state index contributed by atoms with van der Waals surface area (Å²) in [6.45, 7) is 5.67. The molecule has 0 spiro atoms. The van der Waals surface area contributed by atoms with Crippen LogP contribution < -0.4 is 4.90 Å². The van der Waals surface area contributed by atoms with Crippen LogP contribution in [0.25, 0.3) is 0 Å². The number of rotatable bonds is 3. The average Bonchev–Trinajstić information content (AvgIpc) is 2.68. The van der Waals surface area contributed by atoms with E-state index in [1.54, 1.807) is 0 Å². The van der Waals surface area contributed by atoms with Crippen LogP contribution >= 0.6 is 0 Å². The van der Waals surface area contributed by atoms with E-state index in [9.17, 15) is 4.79 Å². The number of anilines is 1. The van der Waals surface area contributed by atoms with Gasteiger partial charge >= 0.3 is 0 Å². The standard InChI is InChI=1S/C22H27N3O/c1-17-5-4-8-21(23-17)24-12-9-18(10-13-24)15-22(26)25-14-11-19-6-2-3-7-20(19)16-25/h2-8,18H,9-16H2,1H3. The smallest absolute Gasteiger partial charge is 0.223 e. The van der Waals surface area contributed by atoms with E-state index in [1.807, 2.05) is 13.0 Å². The highest BCUT2D eigenvalue weighted by molar-refractivity contribution is 5.76. The Bertz CT molecular complexity index is 780. The first-order chi connectivity index (χ1) is 12.7. The number of hydrogen-bond acceptors (Lipinski definition) is 3. The molecule has 2 aliphatic rings. The molecule has 0 aliphatic carbocycles. The highest BCUT2D eigenvalue weighted by atomic mass is 16.2. The van der Waals surface area contributed by atoms with Crippen LogP contribution in [0, 0.1) is 12.8 Å². The van der Waals surface area contributed by atoms with Gasteiger partial charge in [0.25, 0.3) is 0 Å². The molecule has 1 saturated heterocycles. The van der Waals surface area contributed by atoms with Crippen molar-refractivity contribution in [3.63, 3.8) is 0 Å². The van der Waals surface area contributed by atoms with Crippen LogP contribution in [0.2, 0.25) is 0 Å². The summed E-state index contributed by atoms with van der Waals surface area (Å²) in [5, 5.41) is 0. The Hall–Kier alpha value is -2.36. The van der Waals surface area contributed by atoms with Gasteiger partial charge in [-0.3, -0.25) is 4.79 Å². The lowest BCUT2D eigenvalue weighted by Crippen LogP contribution is -2.39. The summed E-state index contributed by atoms with van der Waals surface area (Å²) in [5.41, 5.74) is 3.77. The van der Waals surface area contributed by atoms with Gasteiger partial charge in [0.2, 0.25) is 5.91 Å². The van der Waals surface area contributed by atoms with Gasteiger partial charge < -0.3 is 9.80 Å². The molecule has 0 bridgehead atoms. The molecule has 4 nitrogen and oxygen atoms in total. The van der Waals surface area contributed by atoms with Crippen LogP contribution in [0.5, 0.6) is 0 Å². The van der Waals surface area contributed by atoms with Gasteiger partial charge in [-0.05, 0) is 55.4 Å². The summed E-state index contributed by atoms with van der Waals surface area (Å²) in [7, 11) is 0. The lowest BCUT2D eigenvalue weighted by atomic mass is 9.92. The van der Waals surface area contributed by atoms with Crippen molar-refractivity contribution < 1.29 is 4.79 Å². The largest absolute Gasteiger partial charge is 0.357 e. The first-order valence-electron chi connectivity index (χ1n) is 9.72. The number of carbonyl (C=O) groups excluding carboxylic acids is 1. The minimum absolute atomic E-state index is 0.326. The van der Waals surface area contributed by atoms with Gasteiger partial charge in [0.15, 0.2) is 0 Å². The minimum atomic E-state index is 0.326. The number of amides is 1. The lowest BCUT2D eigenvalue weighted by Gasteiger charge is -2.34. The fraction of sp³-hybridized carbons (Fsp3) is 0.455. The molecular formula is C22H27N3O. The SMILES string of the molecule is Cc1cccc(N2CCC(CC(=O)N3CCc4ccccc4C3)CC2)n1. The highest BCUT2D eigenvalue weighted by Crippen LogP contribution is 2.26. The quantitative estimate of drug-likeness (QED) is 0.850. The van der Waals surface area contributed by atoms with Crippen molar-refractivity contribution in [3.05, 3.63) is 59.3 Å². The zero-order valence-corrected chi connectivity index (χ0v) is 15.5. The van der Waals surface area contributed by atoms with Gasteiger partial charge in [0, 0.05) is 38.3 Å². The van der Waals surface area contributed by atoms with E-state index < -0.39 is 0 Å². The Morgan fingerprint density at radius 3 is 2.58 bits per heavy atom. The highest BCUT2D eigenvalue weighted by Gasteiger charge is 2.26. The molecule has 4 heteroatoms. The molecule has 1 amide bonds. The van der Waals surface area contributed by atoms with Crippen LogP contribution in [0.4, 0.5) is 5.82 Å². The number of piperidine rings is 1. The maximum atomic E-state index is 12.8. The summed E-state index contributed by atoms with van der Waals surface area (Å²) in [6, 6.07) is 14.7. The molecule has 0 radical (unpaired) electrons. The monoisotopic (exact) mass is 349 g/mol. The molecule has 2 aliphatic heterocycles. The van der Waals surface area contributed by atoms with Crippen molar-refractivity contribution in [3.8, 4) is 0 Å². The second kappa shape index (κ2) is 7.48. The molecule has 0 atom stereocenters. The summed E-state index contributed by atoms with van der Waals surface area (Å²) >= 11 is 0. The minimum Gasteiger partial charge on any atom is -0.357 e. The van der Waals surface area contributed by atoms with Crippen molar-refractivity contribution in [1.82, 2.24) is 9.88 Å². The van der Waals surface area contributed by atoms with Crippen LogP contribution in [0.3, 0.4) is 0 Å². The number of aromatic nitrogens is 1. The summed E-state index contributed by atoms with van der Waals surface area (Å²) in [6.07, 6.45) is 3.83. The van der Waals surface area contributed by atoms with Gasteiger partial charge in [-0.1, -0.05) is 30.3 Å². The summed E-state index contributed by atoms with van der Waals surface area (Å²) in [4.78, 5) is 21.8. The van der Waals surface area contributed by atoms with Crippen molar-refractivity contribution in [2.75, 3.05) is 24.5 Å². The third-order valence-electron chi connectivity index (χ3n) is 5.76. The molecule has 1 aromatic heterocycles. The number of hydrogen-bond donors (Lipinski definition) is 0. The molecule has 2 aromatic rings. The molecule has 0 N–H and O–H groups in total. The van der Waals surface area contributed by atoms with Gasteiger partial charge in [-0.15, -0.1) is 0 Å². The molecule has 4 rings (SSSR count). The van der Waals surface area contributed by atoms with E-state index in [2.05, 4.69) is 51.2 Å². The summed E-state index contributed by atoms with van der Waals surface area (Å²) < 4.78 is 0. The predicted molar refractivity (Wildman–Crippen MR) is 104 cm³/mol. The Morgan fingerprint density at radius 1 is 1.04 bits per heavy atom. The van der Waals surface area contributed by atoms with E-state index in [4.69, 9.17) is 0 Å². The van der Waals surface area contributed by atoms with Crippen molar-refractivity contribution in [2.45, 2.75) is 39.2 Å². The molecule has 0 saturated carbocycles. The third kappa shape index (κ3) is 3.74. The van der Waals surface area contributed by atoms with Gasteiger partial charge in [0.1, 0.15) is 5.82 Å². The maximum absolute atomic E-state index is 12.8. The number of nitrogens with zero attached hydrogens (tertiary/aromatic N) is 3. The number of pyridine rings is 1. The molecular weight excluding hydrogens is 322 g/mol. The van der Waals surface area contributed by atoms with Gasteiger partial charge in [0.05, 0.1) is 0 Å². The summed E-state index contributed by atoms with van der Waals surface area (Å²) in [5.74, 6) is 1.90. The Balaban J connectivity index is 1.30. The van der Waals surface area contributed by atoms with E-state index in [0.29, 0.717) is 18.2 Å². The Labute approximate surface area is 155 Å². The van der Waals surface area contributed by atoms with Gasteiger partial charge in [-0.2, -0.15) is 0 Å². The first-order valence-corrected chi connectivity index (χ1v) is 9.72. The fourth-order valence-electron chi connectivity index (χ4n) is 4.16. The molecule has 26 heavy (non-hydrogen) atoms. The van der Waals surface area contributed by atoms with Crippen molar-refractivity contribution in [2.24, 2.45) is 5.92 Å². The topological polar surface area (TPSA) is 36.4 Å². The number of benzene rings is 1. The van der Waals surface area contributed by atoms with Crippen molar-refractivity contribution >= 4 is 11.7 Å².